The van der Waals surface area contributed by atoms with Crippen LogP contribution in [0.15, 0.2) is 41.7 Å². The summed E-state index contributed by atoms with van der Waals surface area (Å²) in [6.07, 6.45) is 6.42. The lowest BCUT2D eigenvalue weighted by atomic mass is 10.1. The first-order valence-corrected chi connectivity index (χ1v) is 9.04. The van der Waals surface area contributed by atoms with Crippen LogP contribution in [0.1, 0.15) is 18.5 Å². The van der Waals surface area contributed by atoms with Crippen LogP contribution >= 0.6 is 0 Å². The van der Waals surface area contributed by atoms with Gasteiger partial charge in [-0.1, -0.05) is 0 Å². The number of carbonyl (C=O) groups is 1. The molecule has 0 atom stereocenters. The Bertz CT molecular complexity index is 1030. The molecule has 0 unspecified atom stereocenters. The maximum Gasteiger partial charge on any atom is 0.328 e. The second-order valence-corrected chi connectivity index (χ2v) is 6.92. The molecule has 1 fully saturated rings. The molecule has 27 heavy (non-hydrogen) atoms. The minimum absolute atomic E-state index is 0.0355. The molecular formula is C19H22N6O2. The Kier molecular flexibility index (Phi) is 4.39. The number of rotatable bonds is 2. The summed E-state index contributed by atoms with van der Waals surface area (Å²) in [6, 6.07) is 5.30. The van der Waals surface area contributed by atoms with Crippen LogP contribution < -0.4 is 15.8 Å². The van der Waals surface area contributed by atoms with Crippen LogP contribution in [0.5, 0.6) is 0 Å². The monoisotopic (exact) mass is 366 g/mol. The molecule has 1 saturated heterocycles. The lowest BCUT2D eigenvalue weighted by Crippen LogP contribution is -2.47. The van der Waals surface area contributed by atoms with E-state index >= 15 is 0 Å². The van der Waals surface area contributed by atoms with Gasteiger partial charge in [0.05, 0.1) is 0 Å². The molecule has 0 aliphatic carbocycles. The zero-order valence-corrected chi connectivity index (χ0v) is 15.4. The molecule has 3 aromatic rings. The maximum atomic E-state index is 12.7. The van der Waals surface area contributed by atoms with Crippen molar-refractivity contribution in [1.82, 2.24) is 24.4 Å². The summed E-state index contributed by atoms with van der Waals surface area (Å²) in [5, 5.41) is 3.84. The van der Waals surface area contributed by atoms with E-state index in [2.05, 4.69) is 20.2 Å². The van der Waals surface area contributed by atoms with Gasteiger partial charge in [0.25, 0.3) is 5.56 Å². The Morgan fingerprint density at radius 3 is 2.74 bits per heavy atom. The largest absolute Gasteiger partial charge is 0.356 e. The van der Waals surface area contributed by atoms with Gasteiger partial charge in [-0.05, 0) is 38.0 Å². The number of amides is 1. The van der Waals surface area contributed by atoms with Crippen LogP contribution in [0.25, 0.3) is 10.9 Å². The number of nitrogens with zero attached hydrogens (tertiary/aromatic N) is 5. The summed E-state index contributed by atoms with van der Waals surface area (Å²) >= 11 is 0. The van der Waals surface area contributed by atoms with E-state index in [9.17, 15) is 9.59 Å². The van der Waals surface area contributed by atoms with Crippen molar-refractivity contribution < 1.29 is 4.79 Å². The zero-order chi connectivity index (χ0) is 19.0. The SMILES string of the molecule is Cc1cc2ccn(C(=O)NC3CCN(c4ccncn4)CC3)c(=O)c2n1C. The van der Waals surface area contributed by atoms with Gasteiger partial charge >= 0.3 is 6.03 Å². The Labute approximate surface area is 156 Å². The van der Waals surface area contributed by atoms with Crippen molar-refractivity contribution in [1.29, 1.82) is 0 Å². The number of nitrogens with one attached hydrogen (secondary N) is 1. The number of hydrogen-bond acceptors (Lipinski definition) is 5. The summed E-state index contributed by atoms with van der Waals surface area (Å²) in [7, 11) is 1.84. The number of hydrogen-bond donors (Lipinski definition) is 1. The zero-order valence-electron chi connectivity index (χ0n) is 15.4. The van der Waals surface area contributed by atoms with E-state index in [4.69, 9.17) is 0 Å². The fourth-order valence-corrected chi connectivity index (χ4v) is 3.62. The Hall–Kier alpha value is -3.16. The van der Waals surface area contributed by atoms with Gasteiger partial charge in [-0.2, -0.15) is 0 Å². The summed E-state index contributed by atoms with van der Waals surface area (Å²) < 4.78 is 2.99. The van der Waals surface area contributed by atoms with Gasteiger partial charge < -0.3 is 14.8 Å². The van der Waals surface area contributed by atoms with Crippen LogP contribution in [0, 0.1) is 6.92 Å². The van der Waals surface area contributed by atoms with Crippen LogP contribution in [0.3, 0.4) is 0 Å². The lowest BCUT2D eigenvalue weighted by Gasteiger charge is -2.33. The third kappa shape index (κ3) is 3.18. The van der Waals surface area contributed by atoms with Crippen LogP contribution in [-0.2, 0) is 7.05 Å². The highest BCUT2D eigenvalue weighted by Crippen LogP contribution is 2.17. The summed E-state index contributed by atoms with van der Waals surface area (Å²) in [5.41, 5.74) is 1.24. The van der Waals surface area contributed by atoms with Crippen molar-refractivity contribution in [3.63, 3.8) is 0 Å². The first-order valence-electron chi connectivity index (χ1n) is 9.04. The van der Waals surface area contributed by atoms with Crippen molar-refractivity contribution in [2.75, 3.05) is 18.0 Å². The summed E-state index contributed by atoms with van der Waals surface area (Å²) in [5.74, 6) is 0.899. The molecule has 4 rings (SSSR count). The molecule has 1 aliphatic heterocycles. The van der Waals surface area contributed by atoms with Gasteiger partial charge in [0.2, 0.25) is 0 Å². The van der Waals surface area contributed by atoms with E-state index < -0.39 is 0 Å². The first-order chi connectivity index (χ1) is 13.0. The number of carbonyl (C=O) groups excluding carboxylic acids is 1. The second kappa shape index (κ2) is 6.86. The smallest absolute Gasteiger partial charge is 0.328 e. The lowest BCUT2D eigenvalue weighted by molar-refractivity contribution is 0.235. The third-order valence-corrected chi connectivity index (χ3v) is 5.26. The molecule has 140 valence electrons. The van der Waals surface area contributed by atoms with Crippen molar-refractivity contribution in [2.24, 2.45) is 7.05 Å². The van der Waals surface area contributed by atoms with Gasteiger partial charge in [-0.15, -0.1) is 0 Å². The Morgan fingerprint density at radius 2 is 2.04 bits per heavy atom. The molecular weight excluding hydrogens is 344 g/mol. The van der Waals surface area contributed by atoms with Crippen molar-refractivity contribution in [3.8, 4) is 0 Å². The molecule has 1 amide bonds. The molecule has 1 N–H and O–H groups in total. The van der Waals surface area contributed by atoms with E-state index in [-0.39, 0.29) is 17.6 Å². The molecule has 3 aromatic heterocycles. The van der Waals surface area contributed by atoms with Gasteiger partial charge in [0, 0.05) is 49.7 Å². The second-order valence-electron chi connectivity index (χ2n) is 6.92. The van der Waals surface area contributed by atoms with E-state index in [0.717, 1.165) is 42.8 Å². The molecule has 1 aliphatic rings. The topological polar surface area (TPSA) is 85.1 Å². The van der Waals surface area contributed by atoms with Crippen LogP contribution in [0.4, 0.5) is 10.6 Å². The fourth-order valence-electron chi connectivity index (χ4n) is 3.62. The molecule has 0 spiro atoms. The molecule has 8 heteroatoms. The average Bonchev–Trinajstić information content (AvgIpc) is 2.98. The summed E-state index contributed by atoms with van der Waals surface area (Å²) in [6.45, 7) is 3.54. The minimum atomic E-state index is -0.374. The Balaban J connectivity index is 1.46. The average molecular weight is 366 g/mol. The number of fused-ring (bicyclic) bond motifs is 1. The van der Waals surface area contributed by atoms with E-state index in [1.54, 1.807) is 18.5 Å². The van der Waals surface area contributed by atoms with Crippen molar-refractivity contribution in [2.45, 2.75) is 25.8 Å². The van der Waals surface area contributed by atoms with E-state index in [0.29, 0.717) is 5.52 Å². The number of aromatic nitrogens is 4. The number of pyridine rings is 1. The van der Waals surface area contributed by atoms with Crippen molar-refractivity contribution in [3.05, 3.63) is 53.0 Å². The Morgan fingerprint density at radius 1 is 1.26 bits per heavy atom. The molecule has 0 aromatic carbocycles. The highest BCUT2D eigenvalue weighted by atomic mass is 16.2. The number of piperidine rings is 1. The van der Waals surface area contributed by atoms with Crippen molar-refractivity contribution >= 4 is 22.8 Å². The first kappa shape index (κ1) is 17.3. The fraction of sp³-hybridized carbons (Fsp3) is 0.368. The molecule has 4 heterocycles. The maximum absolute atomic E-state index is 12.7. The van der Waals surface area contributed by atoms with Crippen LogP contribution in [-0.4, -0.2) is 44.3 Å². The number of aryl methyl sites for hydroxylation is 2. The van der Waals surface area contributed by atoms with E-state index in [1.807, 2.05) is 30.7 Å². The molecule has 0 bridgehead atoms. The number of anilines is 1. The van der Waals surface area contributed by atoms with Gasteiger partial charge in [-0.3, -0.25) is 4.79 Å². The van der Waals surface area contributed by atoms with Crippen LogP contribution in [0.2, 0.25) is 0 Å². The predicted octanol–water partition coefficient (Wildman–Crippen LogP) is 1.67. The highest BCUT2D eigenvalue weighted by Gasteiger charge is 2.23. The molecule has 8 nitrogen and oxygen atoms in total. The quantitative estimate of drug-likeness (QED) is 0.746. The highest BCUT2D eigenvalue weighted by molar-refractivity contribution is 5.85. The normalized spacial score (nSPS) is 15.3. The van der Waals surface area contributed by atoms with Gasteiger partial charge in [0.15, 0.2) is 0 Å². The standard InChI is InChI=1S/C19H22N6O2/c1-13-11-14-4-10-25(18(26)17(14)23(13)2)19(27)22-15-5-8-24(9-6-15)16-3-7-20-12-21-16/h3-4,7,10-12,15H,5-6,8-9H2,1-2H3,(H,22,27). The van der Waals surface area contributed by atoms with Gasteiger partial charge in [-0.25, -0.2) is 19.3 Å². The van der Waals surface area contributed by atoms with Gasteiger partial charge in [0.1, 0.15) is 17.7 Å². The third-order valence-electron chi connectivity index (χ3n) is 5.26. The molecule has 0 radical (unpaired) electrons. The predicted molar refractivity (Wildman–Crippen MR) is 103 cm³/mol. The summed E-state index contributed by atoms with van der Waals surface area (Å²) in [4.78, 5) is 35.8. The molecule has 0 saturated carbocycles. The van der Waals surface area contributed by atoms with E-state index in [1.165, 1.54) is 10.9 Å². The minimum Gasteiger partial charge on any atom is -0.356 e.